The van der Waals surface area contributed by atoms with Crippen LogP contribution in [0.15, 0.2) is 17.5 Å². The van der Waals surface area contributed by atoms with E-state index in [-0.39, 0.29) is 5.91 Å². The number of nitrogens with zero attached hydrogens (tertiary/aromatic N) is 1. The molecule has 1 aliphatic rings. The van der Waals surface area contributed by atoms with E-state index in [0.717, 1.165) is 25.3 Å². The molecule has 1 amide bonds. The molecular weight excluding hydrogens is 274 g/mol. The molecule has 2 rings (SSSR count). The fraction of sp³-hybridized carbons (Fsp3) is 0.583. The van der Waals surface area contributed by atoms with Gasteiger partial charge in [0.2, 0.25) is 5.91 Å². The Labute approximate surface area is 115 Å². The molecule has 2 unspecified atom stereocenters. The van der Waals surface area contributed by atoms with Gasteiger partial charge >= 0.3 is 0 Å². The van der Waals surface area contributed by atoms with E-state index in [1.807, 2.05) is 16.7 Å². The highest BCUT2D eigenvalue weighted by Gasteiger charge is 2.24. The van der Waals surface area contributed by atoms with Gasteiger partial charge in [0, 0.05) is 29.0 Å². The Kier molecular flexibility index (Phi) is 4.77. The fourth-order valence-electron chi connectivity index (χ4n) is 1.94. The van der Waals surface area contributed by atoms with Gasteiger partial charge < -0.3 is 4.90 Å². The first-order valence-electron chi connectivity index (χ1n) is 5.76. The maximum Gasteiger partial charge on any atom is 0.240 e. The number of thioether (sulfide) groups is 1. The molecule has 2 atom stereocenters. The van der Waals surface area contributed by atoms with Gasteiger partial charge in [0.05, 0.1) is 0 Å². The number of hydrogen-bond acceptors (Lipinski definition) is 3. The zero-order chi connectivity index (χ0) is 12.3. The SMILES string of the molecule is CC(Cl)C(=O)N1CCSC(c2cccs2)CC1. The highest BCUT2D eigenvalue weighted by atomic mass is 35.5. The topological polar surface area (TPSA) is 20.3 Å². The highest BCUT2D eigenvalue weighted by molar-refractivity contribution is 7.99. The number of rotatable bonds is 2. The van der Waals surface area contributed by atoms with E-state index in [0.29, 0.717) is 5.25 Å². The van der Waals surface area contributed by atoms with Crippen LogP contribution in [-0.2, 0) is 4.79 Å². The second kappa shape index (κ2) is 6.12. The first kappa shape index (κ1) is 13.2. The predicted octanol–water partition coefficient (Wildman–Crippen LogP) is 3.38. The Bertz CT molecular complexity index is 367. The second-order valence-corrected chi connectivity index (χ2v) is 7.05. The molecule has 0 radical (unpaired) electrons. The van der Waals surface area contributed by atoms with E-state index < -0.39 is 5.38 Å². The lowest BCUT2D eigenvalue weighted by atomic mass is 10.2. The molecular formula is C12H16ClNOS2. The summed E-state index contributed by atoms with van der Waals surface area (Å²) in [5.41, 5.74) is 0. The van der Waals surface area contributed by atoms with Crippen molar-refractivity contribution in [2.75, 3.05) is 18.8 Å². The molecule has 0 N–H and O–H groups in total. The number of amides is 1. The lowest BCUT2D eigenvalue weighted by Crippen LogP contribution is -2.37. The summed E-state index contributed by atoms with van der Waals surface area (Å²) in [4.78, 5) is 15.2. The van der Waals surface area contributed by atoms with Crippen LogP contribution in [0.1, 0.15) is 23.5 Å². The van der Waals surface area contributed by atoms with Crippen molar-refractivity contribution in [2.24, 2.45) is 0 Å². The standard InChI is InChI=1S/C12H16ClNOS2/c1-9(13)12(15)14-5-4-11(17-8-6-14)10-3-2-7-16-10/h2-3,7,9,11H,4-6,8H2,1H3. The minimum Gasteiger partial charge on any atom is -0.341 e. The Morgan fingerprint density at radius 3 is 3.06 bits per heavy atom. The molecule has 1 saturated heterocycles. The molecule has 0 aromatic carbocycles. The quantitative estimate of drug-likeness (QED) is 0.778. The first-order valence-corrected chi connectivity index (χ1v) is 8.13. The lowest BCUT2D eigenvalue weighted by Gasteiger charge is -2.21. The summed E-state index contributed by atoms with van der Waals surface area (Å²) >= 11 is 9.61. The van der Waals surface area contributed by atoms with Crippen molar-refractivity contribution in [3.05, 3.63) is 22.4 Å². The van der Waals surface area contributed by atoms with Gasteiger partial charge in [0.1, 0.15) is 5.38 Å². The van der Waals surface area contributed by atoms with Crippen molar-refractivity contribution in [1.82, 2.24) is 4.90 Å². The Balaban J connectivity index is 1.96. The lowest BCUT2D eigenvalue weighted by molar-refractivity contribution is -0.130. The van der Waals surface area contributed by atoms with E-state index in [1.54, 1.807) is 18.3 Å². The molecule has 0 aliphatic carbocycles. The summed E-state index contributed by atoms with van der Waals surface area (Å²) in [6, 6.07) is 4.28. The van der Waals surface area contributed by atoms with Crippen molar-refractivity contribution in [3.8, 4) is 0 Å². The maximum absolute atomic E-state index is 11.8. The van der Waals surface area contributed by atoms with Crippen LogP contribution in [0.3, 0.4) is 0 Å². The molecule has 1 aromatic rings. The Hall–Kier alpha value is -0.190. The van der Waals surface area contributed by atoms with Gasteiger partial charge in [0.25, 0.3) is 0 Å². The number of halogens is 1. The summed E-state index contributed by atoms with van der Waals surface area (Å²) in [6.45, 7) is 3.40. The number of carbonyl (C=O) groups excluding carboxylic acids is 1. The largest absolute Gasteiger partial charge is 0.341 e. The van der Waals surface area contributed by atoms with Crippen LogP contribution >= 0.6 is 34.7 Å². The third kappa shape index (κ3) is 3.39. The molecule has 2 nitrogen and oxygen atoms in total. The van der Waals surface area contributed by atoms with Gasteiger partial charge in [-0.25, -0.2) is 0 Å². The van der Waals surface area contributed by atoms with E-state index >= 15 is 0 Å². The smallest absolute Gasteiger partial charge is 0.240 e. The van der Waals surface area contributed by atoms with Gasteiger partial charge in [-0.15, -0.1) is 22.9 Å². The van der Waals surface area contributed by atoms with Gasteiger partial charge in [-0.1, -0.05) is 6.07 Å². The monoisotopic (exact) mass is 289 g/mol. The van der Waals surface area contributed by atoms with Crippen LogP contribution < -0.4 is 0 Å². The van der Waals surface area contributed by atoms with Crippen LogP contribution in [0.5, 0.6) is 0 Å². The van der Waals surface area contributed by atoms with Gasteiger partial charge in [-0.2, -0.15) is 11.8 Å². The van der Waals surface area contributed by atoms with Crippen LogP contribution in [-0.4, -0.2) is 35.0 Å². The van der Waals surface area contributed by atoms with E-state index in [9.17, 15) is 4.79 Å². The van der Waals surface area contributed by atoms with E-state index in [1.165, 1.54) is 4.88 Å². The van der Waals surface area contributed by atoms with Crippen LogP contribution in [0.25, 0.3) is 0 Å². The molecule has 0 saturated carbocycles. The third-order valence-electron chi connectivity index (χ3n) is 2.85. The van der Waals surface area contributed by atoms with Gasteiger partial charge in [-0.05, 0) is 24.8 Å². The van der Waals surface area contributed by atoms with Crippen LogP contribution in [0.2, 0.25) is 0 Å². The summed E-state index contributed by atoms with van der Waals surface area (Å²) < 4.78 is 0. The van der Waals surface area contributed by atoms with Crippen molar-refractivity contribution >= 4 is 40.6 Å². The molecule has 0 spiro atoms. The number of thiophene rings is 1. The summed E-state index contributed by atoms with van der Waals surface area (Å²) in [5.74, 6) is 1.07. The molecule has 5 heteroatoms. The van der Waals surface area contributed by atoms with Gasteiger partial charge in [-0.3, -0.25) is 4.79 Å². The number of carbonyl (C=O) groups is 1. The minimum absolute atomic E-state index is 0.0686. The first-order chi connectivity index (χ1) is 8.18. The third-order valence-corrected chi connectivity index (χ3v) is 5.49. The molecule has 94 valence electrons. The highest BCUT2D eigenvalue weighted by Crippen LogP contribution is 2.36. The predicted molar refractivity (Wildman–Crippen MR) is 76.0 cm³/mol. The normalized spacial score (nSPS) is 23.2. The molecule has 1 fully saturated rings. The fourth-order valence-corrected chi connectivity index (χ4v) is 4.32. The zero-order valence-corrected chi connectivity index (χ0v) is 12.2. The Morgan fingerprint density at radius 1 is 1.59 bits per heavy atom. The molecule has 1 aromatic heterocycles. The van der Waals surface area contributed by atoms with Crippen molar-refractivity contribution < 1.29 is 4.79 Å². The van der Waals surface area contributed by atoms with Crippen LogP contribution in [0, 0.1) is 0 Å². The Morgan fingerprint density at radius 2 is 2.41 bits per heavy atom. The zero-order valence-electron chi connectivity index (χ0n) is 9.77. The average molecular weight is 290 g/mol. The number of alkyl halides is 1. The number of hydrogen-bond donors (Lipinski definition) is 0. The molecule has 1 aliphatic heterocycles. The minimum atomic E-state index is -0.404. The molecule has 0 bridgehead atoms. The van der Waals surface area contributed by atoms with E-state index in [2.05, 4.69) is 17.5 Å². The van der Waals surface area contributed by atoms with Crippen LogP contribution in [0.4, 0.5) is 0 Å². The van der Waals surface area contributed by atoms with Crippen molar-refractivity contribution in [1.29, 1.82) is 0 Å². The summed E-state index contributed by atoms with van der Waals surface area (Å²) in [7, 11) is 0. The van der Waals surface area contributed by atoms with Crippen molar-refractivity contribution in [3.63, 3.8) is 0 Å². The van der Waals surface area contributed by atoms with Crippen molar-refractivity contribution in [2.45, 2.75) is 24.0 Å². The maximum atomic E-state index is 11.8. The average Bonchev–Trinajstić information content (AvgIpc) is 2.73. The summed E-state index contributed by atoms with van der Waals surface area (Å²) in [5, 5.41) is 2.25. The molecule has 2 heterocycles. The van der Waals surface area contributed by atoms with Gasteiger partial charge in [0.15, 0.2) is 0 Å². The van der Waals surface area contributed by atoms with E-state index in [4.69, 9.17) is 11.6 Å². The molecule has 17 heavy (non-hydrogen) atoms. The summed E-state index contributed by atoms with van der Waals surface area (Å²) in [6.07, 6.45) is 1.03. The second-order valence-electron chi connectivity index (χ2n) is 4.10.